The van der Waals surface area contributed by atoms with Crippen LogP contribution in [0.25, 0.3) is 0 Å². The maximum atomic E-state index is 12.9. The van der Waals surface area contributed by atoms with Gasteiger partial charge in [0, 0.05) is 19.8 Å². The Hall–Kier alpha value is -2.79. The van der Waals surface area contributed by atoms with Gasteiger partial charge in [0.05, 0.1) is 12.4 Å². The van der Waals surface area contributed by atoms with Crippen LogP contribution in [-0.4, -0.2) is 39.0 Å². The minimum atomic E-state index is -3.75. The number of nitrogens with zero attached hydrogens (tertiary/aromatic N) is 5. The number of rotatable bonds is 6. The van der Waals surface area contributed by atoms with Gasteiger partial charge in [-0.25, -0.2) is 17.8 Å². The molecule has 148 valence electrons. The van der Waals surface area contributed by atoms with E-state index < -0.39 is 16.1 Å². The topological polar surface area (TPSA) is 103 Å². The average Bonchev–Trinajstić information content (AvgIpc) is 3.41. The predicted molar refractivity (Wildman–Crippen MR) is 94.1 cm³/mol. The summed E-state index contributed by atoms with van der Waals surface area (Å²) in [7, 11) is -2.04. The Kier molecular flexibility index (Phi) is 4.85. The van der Waals surface area contributed by atoms with Gasteiger partial charge in [-0.1, -0.05) is 5.16 Å². The number of hydrogen-bond acceptors (Lipinski definition) is 7. The van der Waals surface area contributed by atoms with E-state index in [1.54, 1.807) is 11.6 Å². The Morgan fingerprint density at radius 2 is 2.11 bits per heavy atom. The lowest BCUT2D eigenvalue weighted by atomic mass is 10.2. The summed E-state index contributed by atoms with van der Waals surface area (Å²) in [5.41, 5.74) is 0. The van der Waals surface area contributed by atoms with E-state index in [-0.39, 0.29) is 29.2 Å². The van der Waals surface area contributed by atoms with Crippen molar-refractivity contribution in [2.45, 2.75) is 30.5 Å². The van der Waals surface area contributed by atoms with Crippen molar-refractivity contribution in [3.63, 3.8) is 0 Å². The minimum absolute atomic E-state index is 0.00164. The van der Waals surface area contributed by atoms with Gasteiger partial charge in [0.25, 0.3) is 15.9 Å². The Bertz CT molecular complexity index is 1060. The number of hydrogen-bond donors (Lipinski definition) is 0. The summed E-state index contributed by atoms with van der Waals surface area (Å²) in [5, 5.41) is 3.92. The summed E-state index contributed by atoms with van der Waals surface area (Å²) in [6, 6.07) is 5.03. The molecule has 0 N–H and O–H groups in total. The highest BCUT2D eigenvalue weighted by molar-refractivity contribution is 7.89. The van der Waals surface area contributed by atoms with Gasteiger partial charge >= 0.3 is 0 Å². The Morgan fingerprint density at radius 3 is 2.82 bits per heavy atom. The standard InChI is InChI=1S/C17H18FN5O4S/c1-22-9-16(19-11-22)28(24,25)23-8-2-3-14(23)17-20-15(27-21-17)10-26-13-6-4-12(18)5-7-13/h4-7,9,11,14H,2-3,8,10H2,1H3. The molecule has 4 rings (SSSR count). The van der Waals surface area contributed by atoms with Crippen LogP contribution in [0, 0.1) is 5.82 Å². The van der Waals surface area contributed by atoms with Crippen LogP contribution in [0.3, 0.4) is 0 Å². The smallest absolute Gasteiger partial charge is 0.264 e. The van der Waals surface area contributed by atoms with Crippen LogP contribution < -0.4 is 4.74 Å². The Labute approximate surface area is 160 Å². The fraction of sp³-hybridized carbons (Fsp3) is 0.353. The van der Waals surface area contributed by atoms with Gasteiger partial charge < -0.3 is 13.8 Å². The van der Waals surface area contributed by atoms with Crippen molar-refractivity contribution >= 4 is 10.0 Å². The lowest BCUT2D eigenvalue weighted by Gasteiger charge is -2.20. The molecule has 1 fully saturated rings. The molecule has 1 aromatic carbocycles. The van der Waals surface area contributed by atoms with Crippen molar-refractivity contribution in [3.05, 3.63) is 54.3 Å². The number of aryl methyl sites for hydroxylation is 1. The quantitative estimate of drug-likeness (QED) is 0.616. The molecule has 0 spiro atoms. The van der Waals surface area contributed by atoms with Crippen molar-refractivity contribution in [1.82, 2.24) is 24.0 Å². The third-order valence-electron chi connectivity index (χ3n) is 4.42. The van der Waals surface area contributed by atoms with E-state index >= 15 is 0 Å². The van der Waals surface area contributed by atoms with E-state index in [0.717, 1.165) is 0 Å². The molecule has 1 aliphatic rings. The molecule has 1 saturated heterocycles. The van der Waals surface area contributed by atoms with Crippen molar-refractivity contribution in [2.75, 3.05) is 6.54 Å². The van der Waals surface area contributed by atoms with Gasteiger partial charge in [0.2, 0.25) is 0 Å². The zero-order valence-electron chi connectivity index (χ0n) is 15.0. The van der Waals surface area contributed by atoms with Crippen molar-refractivity contribution in [3.8, 4) is 5.75 Å². The first-order chi connectivity index (χ1) is 13.4. The zero-order chi connectivity index (χ0) is 19.7. The fourth-order valence-corrected chi connectivity index (χ4v) is 4.69. The summed E-state index contributed by atoms with van der Waals surface area (Å²) >= 11 is 0. The Balaban J connectivity index is 1.48. The molecule has 0 amide bonds. The summed E-state index contributed by atoms with van der Waals surface area (Å²) in [6.45, 7) is 0.359. The van der Waals surface area contributed by atoms with Crippen LogP contribution >= 0.6 is 0 Å². The third kappa shape index (κ3) is 3.62. The number of imidazole rings is 1. The Morgan fingerprint density at radius 1 is 1.32 bits per heavy atom. The average molecular weight is 407 g/mol. The molecule has 1 aliphatic heterocycles. The van der Waals surface area contributed by atoms with Gasteiger partial charge in [-0.05, 0) is 37.1 Å². The molecule has 3 aromatic rings. The van der Waals surface area contributed by atoms with Crippen LogP contribution in [0.5, 0.6) is 5.75 Å². The first-order valence-electron chi connectivity index (χ1n) is 8.64. The summed E-state index contributed by atoms with van der Waals surface area (Å²) < 4.78 is 52.3. The molecule has 28 heavy (non-hydrogen) atoms. The molecule has 2 aromatic heterocycles. The van der Waals surface area contributed by atoms with Gasteiger partial charge in [-0.15, -0.1) is 0 Å². The van der Waals surface area contributed by atoms with Gasteiger partial charge in [0.15, 0.2) is 17.5 Å². The van der Waals surface area contributed by atoms with E-state index in [9.17, 15) is 12.8 Å². The van der Waals surface area contributed by atoms with Gasteiger partial charge in [-0.3, -0.25) is 0 Å². The maximum Gasteiger partial charge on any atom is 0.264 e. The molecule has 1 unspecified atom stereocenters. The third-order valence-corrected chi connectivity index (χ3v) is 6.21. The molecule has 3 heterocycles. The second-order valence-electron chi connectivity index (χ2n) is 6.44. The van der Waals surface area contributed by atoms with E-state index in [2.05, 4.69) is 15.1 Å². The highest BCUT2D eigenvalue weighted by atomic mass is 32.2. The molecule has 0 aliphatic carbocycles. The SMILES string of the molecule is Cn1cnc(S(=O)(=O)N2CCCC2c2noc(COc3ccc(F)cc3)n2)c1. The first-order valence-corrected chi connectivity index (χ1v) is 10.1. The highest BCUT2D eigenvalue weighted by Crippen LogP contribution is 2.34. The van der Waals surface area contributed by atoms with E-state index in [1.165, 1.54) is 41.1 Å². The molecule has 0 bridgehead atoms. The largest absolute Gasteiger partial charge is 0.484 e. The van der Waals surface area contributed by atoms with Crippen molar-refractivity contribution in [2.24, 2.45) is 7.05 Å². The van der Waals surface area contributed by atoms with Crippen molar-refractivity contribution in [1.29, 1.82) is 0 Å². The number of aromatic nitrogens is 4. The fourth-order valence-electron chi connectivity index (χ4n) is 3.07. The molecule has 0 radical (unpaired) electrons. The number of benzene rings is 1. The summed E-state index contributed by atoms with van der Waals surface area (Å²) in [5.74, 6) is 0.598. The second-order valence-corrected chi connectivity index (χ2v) is 8.28. The molecule has 1 atom stereocenters. The van der Waals surface area contributed by atoms with Crippen molar-refractivity contribution < 1.29 is 22.1 Å². The summed E-state index contributed by atoms with van der Waals surface area (Å²) in [4.78, 5) is 8.24. The number of halogens is 1. The van der Waals surface area contributed by atoms with E-state index in [1.807, 2.05) is 0 Å². The molecule has 0 saturated carbocycles. The second kappa shape index (κ2) is 7.32. The van der Waals surface area contributed by atoms with E-state index in [4.69, 9.17) is 9.26 Å². The van der Waals surface area contributed by atoms with Crippen LogP contribution in [0.4, 0.5) is 4.39 Å². The molecule has 9 nitrogen and oxygen atoms in total. The lowest BCUT2D eigenvalue weighted by Crippen LogP contribution is -2.31. The summed E-state index contributed by atoms with van der Waals surface area (Å²) in [6.07, 6.45) is 4.18. The molecular weight excluding hydrogens is 389 g/mol. The normalized spacial score (nSPS) is 17.9. The number of ether oxygens (including phenoxy) is 1. The monoisotopic (exact) mass is 407 g/mol. The van der Waals surface area contributed by atoms with E-state index in [0.29, 0.717) is 25.1 Å². The molecular formula is C17H18FN5O4S. The lowest BCUT2D eigenvalue weighted by molar-refractivity contribution is 0.241. The minimum Gasteiger partial charge on any atom is -0.484 e. The van der Waals surface area contributed by atoms with Crippen LogP contribution in [0.1, 0.15) is 30.6 Å². The first kappa shape index (κ1) is 18.6. The van der Waals surface area contributed by atoms with Crippen LogP contribution in [-0.2, 0) is 23.7 Å². The maximum absolute atomic E-state index is 12.9. The zero-order valence-corrected chi connectivity index (χ0v) is 15.8. The number of sulfonamides is 1. The van der Waals surface area contributed by atoms with Crippen LogP contribution in [0.2, 0.25) is 0 Å². The van der Waals surface area contributed by atoms with Gasteiger partial charge in [-0.2, -0.15) is 9.29 Å². The molecule has 11 heteroatoms. The van der Waals surface area contributed by atoms with Crippen LogP contribution in [0.15, 0.2) is 46.3 Å². The predicted octanol–water partition coefficient (Wildman–Crippen LogP) is 2.05. The highest BCUT2D eigenvalue weighted by Gasteiger charge is 2.39. The van der Waals surface area contributed by atoms with Gasteiger partial charge in [0.1, 0.15) is 11.6 Å².